The van der Waals surface area contributed by atoms with Gasteiger partial charge in [0.1, 0.15) is 5.82 Å². The maximum atomic E-state index is 12.8. The lowest BCUT2D eigenvalue weighted by Crippen LogP contribution is -2.23. The molecule has 3 rings (SSSR count). The summed E-state index contributed by atoms with van der Waals surface area (Å²) in [5.74, 6) is 0.607. The average molecular weight is 319 g/mol. The van der Waals surface area contributed by atoms with Gasteiger partial charge in [-0.15, -0.1) is 11.6 Å². The smallest absolute Gasteiger partial charge is 0.266 e. The summed E-state index contributed by atoms with van der Waals surface area (Å²) in [7, 11) is 0. The van der Waals surface area contributed by atoms with Gasteiger partial charge >= 0.3 is 0 Å². The lowest BCUT2D eigenvalue weighted by molar-refractivity contribution is 0.881. The molecule has 0 spiro atoms. The van der Waals surface area contributed by atoms with Gasteiger partial charge in [0.15, 0.2) is 0 Å². The number of hydrogen-bond donors (Lipinski definition) is 0. The molecule has 3 nitrogen and oxygen atoms in total. The predicted molar refractivity (Wildman–Crippen MR) is 86.6 cm³/mol. The van der Waals surface area contributed by atoms with Crippen molar-refractivity contribution in [3.63, 3.8) is 0 Å². The number of aromatic nitrogens is 2. The highest BCUT2D eigenvalue weighted by Gasteiger charge is 2.14. The number of nitrogens with zero attached hydrogens (tertiary/aromatic N) is 2. The Balaban J connectivity index is 2.41. The normalized spacial score (nSPS) is 11.0. The maximum Gasteiger partial charge on any atom is 0.266 e. The third-order valence-corrected chi connectivity index (χ3v) is 3.85. The number of aryl methyl sites for hydroxylation is 1. The van der Waals surface area contributed by atoms with Crippen LogP contribution in [0.3, 0.4) is 0 Å². The van der Waals surface area contributed by atoms with Gasteiger partial charge in [-0.05, 0) is 36.8 Å². The van der Waals surface area contributed by atoms with E-state index in [0.717, 1.165) is 5.56 Å². The van der Waals surface area contributed by atoms with Crippen molar-refractivity contribution >= 4 is 34.1 Å². The monoisotopic (exact) mass is 318 g/mol. The predicted octanol–water partition coefficient (Wildman–Crippen LogP) is 4.09. The van der Waals surface area contributed by atoms with E-state index in [2.05, 4.69) is 4.98 Å². The van der Waals surface area contributed by atoms with Crippen LogP contribution in [-0.4, -0.2) is 9.55 Å². The van der Waals surface area contributed by atoms with E-state index >= 15 is 0 Å². The van der Waals surface area contributed by atoms with Crippen LogP contribution in [0.5, 0.6) is 0 Å². The number of hydrogen-bond acceptors (Lipinski definition) is 2. The molecule has 3 aromatic rings. The molecule has 0 atom stereocenters. The fraction of sp³-hybridized carbons (Fsp3) is 0.125. The lowest BCUT2D eigenvalue weighted by atomic mass is 10.2. The molecule has 0 N–H and O–H groups in total. The second kappa shape index (κ2) is 5.51. The van der Waals surface area contributed by atoms with Crippen molar-refractivity contribution in [3.8, 4) is 5.69 Å². The number of fused-ring (bicyclic) bond motifs is 1. The van der Waals surface area contributed by atoms with E-state index < -0.39 is 0 Å². The van der Waals surface area contributed by atoms with Crippen LogP contribution in [0.2, 0.25) is 5.02 Å². The molecule has 0 aliphatic carbocycles. The van der Waals surface area contributed by atoms with Crippen molar-refractivity contribution in [3.05, 3.63) is 69.2 Å². The minimum absolute atomic E-state index is 0.129. The van der Waals surface area contributed by atoms with Crippen molar-refractivity contribution in [1.82, 2.24) is 9.55 Å². The van der Waals surface area contributed by atoms with E-state index in [1.54, 1.807) is 12.1 Å². The average Bonchev–Trinajstić information content (AvgIpc) is 2.48. The summed E-state index contributed by atoms with van der Waals surface area (Å²) in [5.41, 5.74) is 2.10. The van der Waals surface area contributed by atoms with Crippen LogP contribution < -0.4 is 5.56 Å². The zero-order valence-electron chi connectivity index (χ0n) is 11.3. The zero-order valence-corrected chi connectivity index (χ0v) is 12.8. The van der Waals surface area contributed by atoms with E-state index in [0.29, 0.717) is 27.4 Å². The van der Waals surface area contributed by atoms with Gasteiger partial charge in [-0.25, -0.2) is 4.98 Å². The van der Waals surface area contributed by atoms with E-state index in [-0.39, 0.29) is 11.4 Å². The SMILES string of the molecule is Cc1ccc(-n2c(CCl)nc3ccccc3c2=O)c(Cl)c1. The van der Waals surface area contributed by atoms with Gasteiger partial charge in [-0.2, -0.15) is 0 Å². The number of rotatable bonds is 2. The standard InChI is InChI=1S/C16H12Cl2N2O/c1-10-6-7-14(12(18)8-10)20-15(9-17)19-13-5-3-2-4-11(13)16(20)21/h2-8H,9H2,1H3. The Morgan fingerprint density at radius 3 is 2.67 bits per heavy atom. The fourth-order valence-corrected chi connectivity index (χ4v) is 2.81. The van der Waals surface area contributed by atoms with Gasteiger partial charge in [-0.1, -0.05) is 29.8 Å². The number of benzene rings is 2. The minimum atomic E-state index is -0.165. The van der Waals surface area contributed by atoms with Crippen molar-refractivity contribution in [1.29, 1.82) is 0 Å². The first kappa shape index (κ1) is 14.1. The molecule has 0 aliphatic heterocycles. The van der Waals surface area contributed by atoms with Gasteiger partial charge in [0.05, 0.1) is 27.5 Å². The van der Waals surface area contributed by atoms with Crippen LogP contribution >= 0.6 is 23.2 Å². The molecule has 0 bridgehead atoms. The number of halogens is 2. The van der Waals surface area contributed by atoms with Crippen LogP contribution in [0.1, 0.15) is 11.4 Å². The van der Waals surface area contributed by atoms with Gasteiger partial charge in [0.25, 0.3) is 5.56 Å². The molecule has 1 heterocycles. The number of para-hydroxylation sites is 1. The third-order valence-electron chi connectivity index (χ3n) is 3.31. The molecule has 0 saturated heterocycles. The highest BCUT2D eigenvalue weighted by Crippen LogP contribution is 2.23. The van der Waals surface area contributed by atoms with E-state index in [9.17, 15) is 4.79 Å². The van der Waals surface area contributed by atoms with Crippen molar-refractivity contribution in [2.24, 2.45) is 0 Å². The van der Waals surface area contributed by atoms with Crippen molar-refractivity contribution in [2.75, 3.05) is 0 Å². The first-order valence-electron chi connectivity index (χ1n) is 6.45. The third kappa shape index (κ3) is 2.43. The Bertz CT molecular complexity index is 887. The molecule has 21 heavy (non-hydrogen) atoms. The minimum Gasteiger partial charge on any atom is -0.268 e. The summed E-state index contributed by atoms with van der Waals surface area (Å²) < 4.78 is 1.48. The molecular formula is C16H12Cl2N2O. The summed E-state index contributed by atoms with van der Waals surface area (Å²) in [5, 5.41) is 1.04. The second-order valence-electron chi connectivity index (χ2n) is 4.77. The van der Waals surface area contributed by atoms with Crippen molar-refractivity contribution < 1.29 is 0 Å². The van der Waals surface area contributed by atoms with Gasteiger partial charge < -0.3 is 0 Å². The first-order chi connectivity index (χ1) is 10.1. The van der Waals surface area contributed by atoms with Crippen molar-refractivity contribution in [2.45, 2.75) is 12.8 Å². The molecule has 0 amide bonds. The van der Waals surface area contributed by atoms with Crippen LogP contribution in [-0.2, 0) is 5.88 Å². The van der Waals surface area contributed by atoms with Crippen LogP contribution in [0.15, 0.2) is 47.3 Å². The Morgan fingerprint density at radius 2 is 1.95 bits per heavy atom. The molecule has 5 heteroatoms. The summed E-state index contributed by atoms with van der Waals surface area (Å²) in [4.78, 5) is 17.2. The summed E-state index contributed by atoms with van der Waals surface area (Å²) in [6.45, 7) is 1.94. The molecule has 0 unspecified atom stereocenters. The van der Waals surface area contributed by atoms with Gasteiger partial charge in [0.2, 0.25) is 0 Å². The number of alkyl halides is 1. The molecule has 1 aromatic heterocycles. The lowest BCUT2D eigenvalue weighted by Gasteiger charge is -2.13. The topological polar surface area (TPSA) is 34.9 Å². The molecule has 0 fully saturated rings. The summed E-state index contributed by atoms with van der Waals surface area (Å²) in [6.07, 6.45) is 0. The molecule has 0 radical (unpaired) electrons. The zero-order chi connectivity index (χ0) is 15.0. The van der Waals surface area contributed by atoms with E-state index in [1.807, 2.05) is 37.3 Å². The molecule has 106 valence electrons. The maximum absolute atomic E-state index is 12.8. The largest absolute Gasteiger partial charge is 0.268 e. The van der Waals surface area contributed by atoms with Crippen LogP contribution in [0, 0.1) is 6.92 Å². The fourth-order valence-electron chi connectivity index (χ4n) is 2.31. The van der Waals surface area contributed by atoms with Crippen LogP contribution in [0.25, 0.3) is 16.6 Å². The molecule has 0 aliphatic rings. The van der Waals surface area contributed by atoms with Gasteiger partial charge in [-0.3, -0.25) is 9.36 Å². The molecular weight excluding hydrogens is 307 g/mol. The molecule has 2 aromatic carbocycles. The molecule has 0 saturated carbocycles. The Hall–Kier alpha value is -1.84. The Morgan fingerprint density at radius 1 is 1.19 bits per heavy atom. The summed E-state index contributed by atoms with van der Waals surface area (Å²) >= 11 is 12.3. The highest BCUT2D eigenvalue weighted by atomic mass is 35.5. The Kier molecular flexibility index (Phi) is 3.70. The van der Waals surface area contributed by atoms with E-state index in [1.165, 1.54) is 4.57 Å². The van der Waals surface area contributed by atoms with Gasteiger partial charge in [0, 0.05) is 0 Å². The second-order valence-corrected chi connectivity index (χ2v) is 5.45. The Labute approximate surface area is 131 Å². The quantitative estimate of drug-likeness (QED) is 0.667. The van der Waals surface area contributed by atoms with Crippen LogP contribution in [0.4, 0.5) is 0 Å². The first-order valence-corrected chi connectivity index (χ1v) is 7.36. The summed E-state index contributed by atoms with van der Waals surface area (Å²) in [6, 6.07) is 12.7. The highest BCUT2D eigenvalue weighted by molar-refractivity contribution is 6.32. The van der Waals surface area contributed by atoms with E-state index in [4.69, 9.17) is 23.2 Å².